The Balaban J connectivity index is 1.80. The number of anilines is 2. The van der Waals surface area contributed by atoms with Crippen LogP contribution >= 0.6 is 0 Å². The van der Waals surface area contributed by atoms with Gasteiger partial charge in [-0.25, -0.2) is 4.79 Å². The molecule has 0 saturated heterocycles. The monoisotopic (exact) mass is 384 g/mol. The van der Waals surface area contributed by atoms with Crippen molar-refractivity contribution >= 4 is 29.2 Å². The molecule has 0 aliphatic rings. The second-order valence-corrected chi connectivity index (χ2v) is 6.61. The minimum absolute atomic E-state index is 0.178. The highest BCUT2D eigenvalue weighted by Gasteiger charge is 2.11. The van der Waals surface area contributed by atoms with Crippen LogP contribution in [0.25, 0.3) is 0 Å². The van der Waals surface area contributed by atoms with Crippen molar-refractivity contribution in [1.29, 1.82) is 0 Å². The summed E-state index contributed by atoms with van der Waals surface area (Å²) in [6.07, 6.45) is 0. The molecule has 2 aromatic carbocycles. The largest absolute Gasteiger partial charge is 0.493 e. The van der Waals surface area contributed by atoms with Crippen LogP contribution in [0.15, 0.2) is 48.5 Å². The Morgan fingerprint density at radius 1 is 0.893 bits per heavy atom. The van der Waals surface area contributed by atoms with E-state index in [4.69, 9.17) is 9.47 Å². The van der Waals surface area contributed by atoms with Gasteiger partial charge in [-0.3, -0.25) is 9.59 Å². The zero-order valence-corrected chi connectivity index (χ0v) is 16.2. The average Bonchev–Trinajstić information content (AvgIpc) is 2.66. The molecule has 2 aromatic rings. The molecule has 7 nitrogen and oxygen atoms in total. The summed E-state index contributed by atoms with van der Waals surface area (Å²) < 4.78 is 10.6. The lowest BCUT2D eigenvalue weighted by Gasteiger charge is -2.10. The second kappa shape index (κ2) is 10.1. The first-order valence-corrected chi connectivity index (χ1v) is 8.91. The summed E-state index contributed by atoms with van der Waals surface area (Å²) in [4.78, 5) is 35.0. The maximum Gasteiger partial charge on any atom is 0.338 e. The molecule has 28 heavy (non-hydrogen) atoms. The summed E-state index contributed by atoms with van der Waals surface area (Å²) >= 11 is 0. The number of esters is 1. The predicted molar refractivity (Wildman–Crippen MR) is 106 cm³/mol. The van der Waals surface area contributed by atoms with E-state index in [2.05, 4.69) is 10.6 Å². The highest BCUT2D eigenvalue weighted by molar-refractivity contribution is 5.96. The van der Waals surface area contributed by atoms with Crippen molar-refractivity contribution in [3.05, 3.63) is 54.1 Å². The van der Waals surface area contributed by atoms with Crippen LogP contribution in [0.2, 0.25) is 0 Å². The van der Waals surface area contributed by atoms with Gasteiger partial charge in [0.1, 0.15) is 5.75 Å². The number of ether oxygens (including phenoxy) is 2. The van der Waals surface area contributed by atoms with Crippen molar-refractivity contribution in [2.45, 2.75) is 20.8 Å². The number of amides is 2. The van der Waals surface area contributed by atoms with Gasteiger partial charge in [0, 0.05) is 18.3 Å². The highest BCUT2D eigenvalue weighted by atomic mass is 16.5. The normalized spacial score (nSPS) is 10.3. The Morgan fingerprint density at radius 3 is 2.00 bits per heavy atom. The van der Waals surface area contributed by atoms with Gasteiger partial charge < -0.3 is 20.1 Å². The van der Waals surface area contributed by atoms with Crippen LogP contribution in [0.1, 0.15) is 31.1 Å². The molecular formula is C21H24N2O5. The summed E-state index contributed by atoms with van der Waals surface area (Å²) in [5, 5.41) is 5.25. The minimum atomic E-state index is -0.591. The topological polar surface area (TPSA) is 93.7 Å². The fourth-order valence-electron chi connectivity index (χ4n) is 2.20. The van der Waals surface area contributed by atoms with Crippen molar-refractivity contribution in [1.82, 2.24) is 0 Å². The lowest BCUT2D eigenvalue weighted by Crippen LogP contribution is -2.21. The number of nitrogens with one attached hydrogen (secondary N) is 2. The molecule has 0 aliphatic heterocycles. The zero-order valence-electron chi connectivity index (χ0n) is 16.2. The van der Waals surface area contributed by atoms with E-state index in [-0.39, 0.29) is 5.91 Å². The lowest BCUT2D eigenvalue weighted by atomic mass is 10.2. The third-order valence-corrected chi connectivity index (χ3v) is 3.50. The maximum absolute atomic E-state index is 12.0. The molecule has 0 saturated carbocycles. The summed E-state index contributed by atoms with van der Waals surface area (Å²) in [5.41, 5.74) is 1.49. The van der Waals surface area contributed by atoms with Crippen LogP contribution in [-0.4, -0.2) is 31.0 Å². The van der Waals surface area contributed by atoms with Gasteiger partial charge in [0.25, 0.3) is 5.91 Å². The van der Waals surface area contributed by atoms with E-state index in [0.717, 1.165) is 0 Å². The molecule has 7 heteroatoms. The SMILES string of the molecule is CC(=O)Nc1ccc(NC(=O)COC(=O)c2ccc(OCC(C)C)cc2)cc1. The minimum Gasteiger partial charge on any atom is -0.493 e. The molecule has 0 aromatic heterocycles. The molecule has 0 unspecified atom stereocenters. The third kappa shape index (κ3) is 7.11. The molecule has 0 spiro atoms. The summed E-state index contributed by atoms with van der Waals surface area (Å²) in [7, 11) is 0. The van der Waals surface area contributed by atoms with E-state index in [1.54, 1.807) is 48.5 Å². The van der Waals surface area contributed by atoms with Crippen molar-refractivity contribution in [3.63, 3.8) is 0 Å². The first-order valence-electron chi connectivity index (χ1n) is 8.91. The molecule has 0 fully saturated rings. The van der Waals surface area contributed by atoms with Gasteiger partial charge in [0.2, 0.25) is 5.91 Å². The molecule has 0 aliphatic carbocycles. The Kier molecular flexibility index (Phi) is 7.56. The predicted octanol–water partition coefficient (Wildman–Crippen LogP) is 3.48. The Hall–Kier alpha value is -3.35. The van der Waals surface area contributed by atoms with Crippen LogP contribution in [-0.2, 0) is 14.3 Å². The van der Waals surface area contributed by atoms with E-state index in [1.807, 2.05) is 13.8 Å². The van der Waals surface area contributed by atoms with E-state index < -0.39 is 18.5 Å². The Bertz CT molecular complexity index is 814. The van der Waals surface area contributed by atoms with Gasteiger partial charge in [0.05, 0.1) is 12.2 Å². The van der Waals surface area contributed by atoms with E-state index in [0.29, 0.717) is 35.2 Å². The highest BCUT2D eigenvalue weighted by Crippen LogP contribution is 2.15. The van der Waals surface area contributed by atoms with E-state index in [9.17, 15) is 14.4 Å². The van der Waals surface area contributed by atoms with Crippen LogP contribution in [0.3, 0.4) is 0 Å². The molecule has 2 amide bonds. The van der Waals surface area contributed by atoms with Gasteiger partial charge in [0.15, 0.2) is 6.61 Å². The van der Waals surface area contributed by atoms with Crippen molar-refractivity contribution < 1.29 is 23.9 Å². The fraction of sp³-hybridized carbons (Fsp3) is 0.286. The Morgan fingerprint density at radius 2 is 1.46 bits per heavy atom. The third-order valence-electron chi connectivity index (χ3n) is 3.50. The molecule has 0 heterocycles. The number of carbonyl (C=O) groups is 3. The Labute approximate surface area is 164 Å². The van der Waals surface area contributed by atoms with E-state index in [1.165, 1.54) is 6.92 Å². The molecule has 2 rings (SSSR count). The van der Waals surface area contributed by atoms with E-state index >= 15 is 0 Å². The molecule has 0 atom stereocenters. The smallest absolute Gasteiger partial charge is 0.338 e. The molecular weight excluding hydrogens is 360 g/mol. The molecule has 2 N–H and O–H groups in total. The first-order chi connectivity index (χ1) is 13.3. The van der Waals surface area contributed by atoms with Crippen molar-refractivity contribution in [3.8, 4) is 5.75 Å². The summed E-state index contributed by atoms with van der Waals surface area (Å²) in [5.74, 6) is -0.150. The fourth-order valence-corrected chi connectivity index (χ4v) is 2.20. The second-order valence-electron chi connectivity index (χ2n) is 6.61. The maximum atomic E-state index is 12.0. The standard InChI is InChI=1S/C21H24N2O5/c1-14(2)12-27-19-10-4-16(5-11-19)21(26)28-13-20(25)23-18-8-6-17(7-9-18)22-15(3)24/h4-11,14H,12-13H2,1-3H3,(H,22,24)(H,23,25). The molecule has 148 valence electrons. The summed E-state index contributed by atoms with van der Waals surface area (Å²) in [6.45, 7) is 5.70. The number of hydrogen-bond acceptors (Lipinski definition) is 5. The van der Waals surface area contributed by atoms with Gasteiger partial charge in [-0.1, -0.05) is 13.8 Å². The number of carbonyl (C=O) groups excluding carboxylic acids is 3. The quantitative estimate of drug-likeness (QED) is 0.680. The lowest BCUT2D eigenvalue weighted by molar-refractivity contribution is -0.119. The van der Waals surface area contributed by atoms with Crippen molar-refractivity contribution in [2.24, 2.45) is 5.92 Å². The van der Waals surface area contributed by atoms with Crippen molar-refractivity contribution in [2.75, 3.05) is 23.8 Å². The number of rotatable bonds is 8. The molecule has 0 radical (unpaired) electrons. The first kappa shape index (κ1) is 21.0. The number of benzene rings is 2. The van der Waals surface area contributed by atoms with Crippen LogP contribution in [0.5, 0.6) is 5.75 Å². The van der Waals surface area contributed by atoms with Gasteiger partial charge >= 0.3 is 5.97 Å². The van der Waals surface area contributed by atoms with Crippen LogP contribution in [0, 0.1) is 5.92 Å². The molecule has 0 bridgehead atoms. The number of hydrogen-bond donors (Lipinski definition) is 2. The van der Waals surface area contributed by atoms with Crippen LogP contribution in [0.4, 0.5) is 11.4 Å². The van der Waals surface area contributed by atoms with Crippen LogP contribution < -0.4 is 15.4 Å². The van der Waals surface area contributed by atoms with Gasteiger partial charge in [-0.15, -0.1) is 0 Å². The van der Waals surface area contributed by atoms with Gasteiger partial charge in [-0.05, 0) is 54.4 Å². The summed E-state index contributed by atoms with van der Waals surface area (Å²) in [6, 6.07) is 13.2. The zero-order chi connectivity index (χ0) is 20.5. The average molecular weight is 384 g/mol. The van der Waals surface area contributed by atoms with Gasteiger partial charge in [-0.2, -0.15) is 0 Å².